The first-order valence-corrected chi connectivity index (χ1v) is 19.3. The molecule has 0 aromatic heterocycles. The van der Waals surface area contributed by atoms with Gasteiger partial charge in [0.1, 0.15) is 69.0 Å². The second-order valence-electron chi connectivity index (χ2n) is 11.2. The summed E-state index contributed by atoms with van der Waals surface area (Å²) in [4.78, 5) is 0. The number of benzene rings is 4. The molecule has 0 unspecified atom stereocenters. The van der Waals surface area contributed by atoms with Gasteiger partial charge in [-0.15, -0.1) is 0 Å². The van der Waals surface area contributed by atoms with Gasteiger partial charge in [0.05, 0.1) is 107 Å². The number of ether oxygens (including phenoxy) is 12. The van der Waals surface area contributed by atoms with E-state index < -0.39 is 15.8 Å². The van der Waals surface area contributed by atoms with Crippen LogP contribution in [0.3, 0.4) is 0 Å². The first-order chi connectivity index (χ1) is 25.7. The van der Waals surface area contributed by atoms with E-state index in [9.17, 15) is 0 Å². The van der Waals surface area contributed by atoms with Crippen LogP contribution in [-0.2, 0) is 0 Å². The number of hydrogen-bond donors (Lipinski definition) is 0. The van der Waals surface area contributed by atoms with Crippen LogP contribution in [-0.4, -0.2) is 90.7 Å². The summed E-state index contributed by atoms with van der Waals surface area (Å²) >= 11 is 0. The SMILES string of the molecule is CCC(P(c1c(OC)cc(OC)cc1OC)c1c(OC)cc(OC)cc1OC)P(c1c(OC)cc(OC)cc1OC)c1c(OC)cc(OC)cc1OC. The highest BCUT2D eigenvalue weighted by Crippen LogP contribution is 2.65. The van der Waals surface area contributed by atoms with Crippen LogP contribution in [0.1, 0.15) is 13.3 Å². The highest BCUT2D eigenvalue weighted by Gasteiger charge is 2.44. The Kier molecular flexibility index (Phi) is 14.7. The highest BCUT2D eigenvalue weighted by atomic mass is 31.2. The molecule has 0 spiro atoms. The quantitative estimate of drug-likeness (QED) is 0.103. The molecule has 4 aromatic rings. The Bertz CT molecular complexity index is 1490. The number of rotatable bonds is 19. The average Bonchev–Trinajstić information content (AvgIpc) is 3.21. The van der Waals surface area contributed by atoms with Crippen LogP contribution in [0.5, 0.6) is 69.0 Å². The molecule has 4 rings (SSSR count). The molecule has 0 heterocycles. The smallest absolute Gasteiger partial charge is 0.134 e. The van der Waals surface area contributed by atoms with E-state index >= 15 is 0 Å². The van der Waals surface area contributed by atoms with Gasteiger partial charge in [-0.25, -0.2) is 0 Å². The summed E-state index contributed by atoms with van der Waals surface area (Å²) < 4.78 is 72.2. The molecule has 4 aromatic carbocycles. The van der Waals surface area contributed by atoms with Crippen molar-refractivity contribution in [1.82, 2.24) is 0 Å². The lowest BCUT2D eigenvalue weighted by Gasteiger charge is -2.39. The van der Waals surface area contributed by atoms with Crippen molar-refractivity contribution >= 4 is 37.1 Å². The standard InChI is InChI=1S/C39H50O12P2/c1-14-35(52(36-27(44-6)15-23(40-2)16-28(36)45-7)37-29(46-8)17-24(41-3)18-30(37)47-9)53(38-31(48-10)19-25(42-4)20-32(38)49-11)39-33(50-12)21-26(43-5)22-34(39)51-13/h15-22,35H,14H2,1-13H3. The zero-order chi connectivity index (χ0) is 38.8. The van der Waals surface area contributed by atoms with E-state index in [0.29, 0.717) is 75.4 Å². The fourth-order valence-electron chi connectivity index (χ4n) is 6.20. The Balaban J connectivity index is 2.35. The third-order valence-corrected chi connectivity index (χ3v) is 15.7. The zero-order valence-corrected chi connectivity index (χ0v) is 34.5. The predicted molar refractivity (Wildman–Crippen MR) is 211 cm³/mol. The molecule has 0 fully saturated rings. The van der Waals surface area contributed by atoms with Crippen molar-refractivity contribution in [2.75, 3.05) is 85.3 Å². The maximum atomic E-state index is 6.18. The van der Waals surface area contributed by atoms with Crippen molar-refractivity contribution in [1.29, 1.82) is 0 Å². The molecule has 0 N–H and O–H groups in total. The van der Waals surface area contributed by atoms with Crippen molar-refractivity contribution in [3.8, 4) is 69.0 Å². The normalized spacial score (nSPS) is 10.9. The molecule has 0 amide bonds. The molecule has 0 saturated heterocycles. The summed E-state index contributed by atoms with van der Waals surface area (Å²) in [5, 5.41) is 2.91. The van der Waals surface area contributed by atoms with Gasteiger partial charge in [0.25, 0.3) is 0 Å². The van der Waals surface area contributed by atoms with Gasteiger partial charge in [-0.2, -0.15) is 0 Å². The minimum atomic E-state index is -1.60. The number of hydrogen-bond acceptors (Lipinski definition) is 12. The van der Waals surface area contributed by atoms with E-state index in [1.807, 2.05) is 48.5 Å². The summed E-state index contributed by atoms with van der Waals surface area (Å²) in [6.07, 6.45) is 0.616. The lowest BCUT2D eigenvalue weighted by atomic mass is 10.3. The van der Waals surface area contributed by atoms with Crippen LogP contribution in [0.2, 0.25) is 0 Å². The van der Waals surface area contributed by atoms with Crippen LogP contribution in [0.15, 0.2) is 48.5 Å². The average molecular weight is 773 g/mol. The second-order valence-corrected chi connectivity index (χ2v) is 16.1. The van der Waals surface area contributed by atoms with Gasteiger partial charge < -0.3 is 56.8 Å². The Labute approximate surface area is 314 Å². The van der Waals surface area contributed by atoms with Gasteiger partial charge in [0.2, 0.25) is 0 Å². The van der Waals surface area contributed by atoms with Gasteiger partial charge in [-0.05, 0) is 22.3 Å². The van der Waals surface area contributed by atoms with Crippen LogP contribution in [0.25, 0.3) is 0 Å². The molecule has 0 aliphatic rings. The summed E-state index contributed by atoms with van der Waals surface area (Å²) in [5.41, 5.74) is 0. The third kappa shape index (κ3) is 8.14. The zero-order valence-electron chi connectivity index (χ0n) is 32.7. The summed E-state index contributed by atoms with van der Waals surface area (Å²) in [7, 11) is 16.2. The predicted octanol–water partition coefficient (Wildman–Crippen LogP) is 6.09. The van der Waals surface area contributed by atoms with E-state index in [4.69, 9.17) is 56.8 Å². The number of methoxy groups -OCH3 is 12. The van der Waals surface area contributed by atoms with E-state index in [1.165, 1.54) is 0 Å². The molecular weight excluding hydrogens is 722 g/mol. The molecule has 0 aliphatic carbocycles. The van der Waals surface area contributed by atoms with Gasteiger partial charge in [-0.1, -0.05) is 6.92 Å². The fraction of sp³-hybridized carbons (Fsp3) is 0.385. The van der Waals surface area contributed by atoms with Gasteiger partial charge in [0, 0.05) is 53.9 Å². The Morgan fingerprint density at radius 3 is 0.604 bits per heavy atom. The topological polar surface area (TPSA) is 111 Å². The van der Waals surface area contributed by atoms with Crippen LogP contribution in [0, 0.1) is 0 Å². The van der Waals surface area contributed by atoms with E-state index in [0.717, 1.165) is 21.2 Å². The molecule has 288 valence electrons. The minimum absolute atomic E-state index is 0.278. The molecule has 0 bridgehead atoms. The first-order valence-electron chi connectivity index (χ1n) is 16.5. The van der Waals surface area contributed by atoms with Crippen molar-refractivity contribution < 1.29 is 56.8 Å². The molecule has 53 heavy (non-hydrogen) atoms. The summed E-state index contributed by atoms with van der Waals surface area (Å²) in [5.74, 6) is 6.74. The van der Waals surface area contributed by atoms with Crippen molar-refractivity contribution in [3.05, 3.63) is 48.5 Å². The molecule has 14 heteroatoms. The van der Waals surface area contributed by atoms with E-state index in [-0.39, 0.29) is 5.40 Å². The van der Waals surface area contributed by atoms with Gasteiger partial charge >= 0.3 is 0 Å². The lowest BCUT2D eigenvalue weighted by molar-refractivity contribution is 0.378. The molecular formula is C39H50O12P2. The van der Waals surface area contributed by atoms with Crippen molar-refractivity contribution in [2.45, 2.75) is 18.7 Å². The van der Waals surface area contributed by atoms with Gasteiger partial charge in [0.15, 0.2) is 0 Å². The Morgan fingerprint density at radius 2 is 0.491 bits per heavy atom. The summed E-state index contributed by atoms with van der Waals surface area (Å²) in [6, 6.07) is 14.8. The Morgan fingerprint density at radius 1 is 0.321 bits per heavy atom. The monoisotopic (exact) mass is 772 g/mol. The van der Waals surface area contributed by atoms with Crippen LogP contribution < -0.4 is 78.1 Å². The van der Waals surface area contributed by atoms with E-state index in [1.54, 1.807) is 85.3 Å². The van der Waals surface area contributed by atoms with Crippen molar-refractivity contribution in [3.63, 3.8) is 0 Å². The highest BCUT2D eigenvalue weighted by molar-refractivity contribution is 7.90. The molecule has 0 atom stereocenters. The van der Waals surface area contributed by atoms with Gasteiger partial charge in [-0.3, -0.25) is 0 Å². The third-order valence-electron chi connectivity index (χ3n) is 8.68. The fourth-order valence-corrected chi connectivity index (χ4v) is 14.0. The Hall–Kier alpha value is -4.66. The summed E-state index contributed by atoms with van der Waals surface area (Å²) in [6.45, 7) is 2.14. The molecule has 0 aliphatic heterocycles. The maximum Gasteiger partial charge on any atom is 0.134 e. The van der Waals surface area contributed by atoms with Crippen molar-refractivity contribution in [2.24, 2.45) is 0 Å². The van der Waals surface area contributed by atoms with Crippen LogP contribution >= 0.6 is 15.8 Å². The van der Waals surface area contributed by atoms with Crippen LogP contribution in [0.4, 0.5) is 0 Å². The second kappa shape index (κ2) is 18.9. The molecule has 12 nitrogen and oxygen atoms in total. The lowest BCUT2D eigenvalue weighted by Crippen LogP contribution is -2.31. The largest absolute Gasteiger partial charge is 0.496 e. The first kappa shape index (κ1) is 41.1. The molecule has 0 radical (unpaired) electrons. The minimum Gasteiger partial charge on any atom is -0.496 e. The van der Waals surface area contributed by atoms with E-state index in [2.05, 4.69) is 6.92 Å². The molecule has 0 saturated carbocycles. The maximum absolute atomic E-state index is 6.18.